The molecule has 0 bridgehead atoms. The van der Waals surface area contributed by atoms with E-state index in [0.717, 1.165) is 49.1 Å². The highest BCUT2D eigenvalue weighted by Crippen LogP contribution is 2.45. The molecule has 0 spiro atoms. The molecule has 1 aliphatic heterocycles. The molecule has 2 aromatic heterocycles. The minimum absolute atomic E-state index is 0.423. The van der Waals surface area contributed by atoms with Crippen LogP contribution in [0.5, 0.6) is 0 Å². The van der Waals surface area contributed by atoms with E-state index >= 15 is 0 Å². The van der Waals surface area contributed by atoms with Gasteiger partial charge >= 0.3 is 0 Å². The van der Waals surface area contributed by atoms with Gasteiger partial charge in [0.25, 0.3) is 0 Å². The van der Waals surface area contributed by atoms with E-state index in [2.05, 4.69) is 26.9 Å². The molecule has 0 aromatic carbocycles. The highest BCUT2D eigenvalue weighted by atomic mass is 16.1. The molecule has 1 aliphatic carbocycles. The number of piperidine rings is 1. The zero-order valence-corrected chi connectivity index (χ0v) is 12.6. The van der Waals surface area contributed by atoms with Crippen LogP contribution in [0.2, 0.25) is 0 Å². The molecule has 2 fully saturated rings. The van der Waals surface area contributed by atoms with Crippen LogP contribution in [0.1, 0.15) is 35.2 Å². The molecule has 22 heavy (non-hydrogen) atoms. The van der Waals surface area contributed by atoms with Gasteiger partial charge in [-0.2, -0.15) is 5.10 Å². The lowest BCUT2D eigenvalue weighted by Gasteiger charge is -2.19. The Kier molecular flexibility index (Phi) is 3.17. The summed E-state index contributed by atoms with van der Waals surface area (Å²) in [6.07, 6.45) is 6.75. The van der Waals surface area contributed by atoms with Crippen LogP contribution in [0.15, 0.2) is 18.5 Å². The van der Waals surface area contributed by atoms with Gasteiger partial charge in [-0.05, 0) is 30.7 Å². The van der Waals surface area contributed by atoms with Gasteiger partial charge in [-0.25, -0.2) is 4.98 Å². The second-order valence-electron chi connectivity index (χ2n) is 6.20. The van der Waals surface area contributed by atoms with Gasteiger partial charge in [-0.1, -0.05) is 6.92 Å². The minimum Gasteiger partial charge on any atom is -0.355 e. The van der Waals surface area contributed by atoms with Crippen molar-refractivity contribution in [3.8, 4) is 0 Å². The summed E-state index contributed by atoms with van der Waals surface area (Å²) < 4.78 is 1.81. The maximum absolute atomic E-state index is 11.4. The highest BCUT2D eigenvalue weighted by molar-refractivity contribution is 5.74. The van der Waals surface area contributed by atoms with Crippen LogP contribution in [0.4, 0.5) is 5.82 Å². The van der Waals surface area contributed by atoms with Crippen molar-refractivity contribution >= 4 is 12.1 Å². The fourth-order valence-corrected chi connectivity index (χ4v) is 3.21. The van der Waals surface area contributed by atoms with E-state index in [1.807, 2.05) is 12.3 Å². The lowest BCUT2D eigenvalue weighted by atomic mass is 10.3. The molecule has 0 N–H and O–H groups in total. The molecule has 1 saturated carbocycles. The summed E-state index contributed by atoms with van der Waals surface area (Å²) in [5, 5.41) is 4.44. The number of aryl methyl sites for hydroxylation is 1. The normalized spacial score (nSPS) is 22.7. The van der Waals surface area contributed by atoms with Crippen LogP contribution < -0.4 is 4.90 Å². The molecular weight excluding hydrogens is 278 g/mol. The summed E-state index contributed by atoms with van der Waals surface area (Å²) >= 11 is 0. The number of hydrogen-bond donors (Lipinski definition) is 0. The number of aromatic nitrogens is 4. The molecule has 3 heterocycles. The topological polar surface area (TPSA) is 63.9 Å². The van der Waals surface area contributed by atoms with E-state index in [4.69, 9.17) is 0 Å². The van der Waals surface area contributed by atoms with Crippen molar-refractivity contribution in [2.24, 2.45) is 11.8 Å². The van der Waals surface area contributed by atoms with Crippen LogP contribution in [-0.4, -0.2) is 39.1 Å². The van der Waals surface area contributed by atoms with E-state index in [-0.39, 0.29) is 0 Å². The number of carbonyl (C=O) groups is 1. The summed E-state index contributed by atoms with van der Waals surface area (Å²) in [5.74, 6) is 2.49. The molecule has 6 heteroatoms. The third-order valence-corrected chi connectivity index (χ3v) is 4.65. The molecule has 6 nitrogen and oxygen atoms in total. The Balaban J connectivity index is 1.55. The van der Waals surface area contributed by atoms with Crippen molar-refractivity contribution in [1.82, 2.24) is 19.7 Å². The fourth-order valence-electron chi connectivity index (χ4n) is 3.21. The average Bonchev–Trinajstić information content (AvgIpc) is 2.97. The van der Waals surface area contributed by atoms with Gasteiger partial charge in [0.05, 0.1) is 24.1 Å². The van der Waals surface area contributed by atoms with E-state index in [1.54, 1.807) is 10.9 Å². The molecular formula is C16H19N5O. The summed E-state index contributed by atoms with van der Waals surface area (Å²) in [6, 6.07) is 1.99. The first-order valence-corrected chi connectivity index (χ1v) is 7.85. The average molecular weight is 297 g/mol. The minimum atomic E-state index is 0.423. The second-order valence-corrected chi connectivity index (χ2v) is 6.20. The number of fused-ring (bicyclic) bond motifs is 1. The van der Waals surface area contributed by atoms with Crippen LogP contribution in [0.25, 0.3) is 0 Å². The Morgan fingerprint density at radius 3 is 2.86 bits per heavy atom. The third kappa shape index (κ3) is 2.38. The van der Waals surface area contributed by atoms with Crippen molar-refractivity contribution in [3.63, 3.8) is 0 Å². The van der Waals surface area contributed by atoms with Crippen molar-refractivity contribution in [2.45, 2.75) is 26.3 Å². The predicted octanol–water partition coefficient (Wildman–Crippen LogP) is 1.55. The molecule has 0 amide bonds. The molecule has 4 rings (SSSR count). The van der Waals surface area contributed by atoms with Crippen LogP contribution in [-0.2, 0) is 13.0 Å². The second kappa shape index (κ2) is 5.19. The lowest BCUT2D eigenvalue weighted by molar-refractivity contribution is 0.111. The largest absolute Gasteiger partial charge is 0.355 e. The van der Waals surface area contributed by atoms with Crippen molar-refractivity contribution < 1.29 is 4.79 Å². The number of aldehydes is 1. The molecule has 2 aliphatic rings. The predicted molar refractivity (Wildman–Crippen MR) is 81.9 cm³/mol. The number of carbonyl (C=O) groups excluding carboxylic acids is 1. The molecule has 2 unspecified atom stereocenters. The Morgan fingerprint density at radius 1 is 1.36 bits per heavy atom. The van der Waals surface area contributed by atoms with Crippen LogP contribution in [0, 0.1) is 11.8 Å². The first kappa shape index (κ1) is 13.4. The van der Waals surface area contributed by atoms with Gasteiger partial charge in [0.2, 0.25) is 0 Å². The standard InChI is InChI=1S/C16H19N5O/c1-2-13-3-4-21(19-13)9-14-15(10-22)18-16(6-17-14)20-7-11-5-12(11)8-20/h3-4,6,10-12H,2,5,7-9H2,1H3. The number of hydrogen-bond acceptors (Lipinski definition) is 5. The van der Waals surface area contributed by atoms with E-state index in [0.29, 0.717) is 17.9 Å². The van der Waals surface area contributed by atoms with E-state index < -0.39 is 0 Å². The first-order chi connectivity index (χ1) is 10.8. The van der Waals surface area contributed by atoms with Crippen LogP contribution >= 0.6 is 0 Å². The van der Waals surface area contributed by atoms with Crippen molar-refractivity contribution in [3.05, 3.63) is 35.5 Å². The number of anilines is 1. The summed E-state index contributed by atoms with van der Waals surface area (Å²) in [6.45, 7) is 4.65. The van der Waals surface area contributed by atoms with Gasteiger partial charge in [0.15, 0.2) is 6.29 Å². The molecule has 0 radical (unpaired) electrons. The number of nitrogens with zero attached hydrogens (tertiary/aromatic N) is 5. The summed E-state index contributed by atoms with van der Waals surface area (Å²) in [4.78, 5) is 22.6. The van der Waals surface area contributed by atoms with E-state index in [9.17, 15) is 4.79 Å². The fraction of sp³-hybridized carbons (Fsp3) is 0.500. The molecule has 114 valence electrons. The van der Waals surface area contributed by atoms with Crippen molar-refractivity contribution in [2.75, 3.05) is 18.0 Å². The van der Waals surface area contributed by atoms with Crippen molar-refractivity contribution in [1.29, 1.82) is 0 Å². The van der Waals surface area contributed by atoms with Crippen LogP contribution in [0.3, 0.4) is 0 Å². The van der Waals surface area contributed by atoms with Gasteiger partial charge < -0.3 is 4.90 Å². The SMILES string of the molecule is CCc1ccn(Cc2ncc(N3CC4CC4C3)nc2C=O)n1. The maximum Gasteiger partial charge on any atom is 0.170 e. The maximum atomic E-state index is 11.4. The quantitative estimate of drug-likeness (QED) is 0.784. The Labute approximate surface area is 129 Å². The smallest absolute Gasteiger partial charge is 0.170 e. The highest BCUT2D eigenvalue weighted by Gasteiger charge is 2.45. The Bertz CT molecular complexity index is 700. The van der Waals surface area contributed by atoms with Gasteiger partial charge in [-0.3, -0.25) is 14.5 Å². The summed E-state index contributed by atoms with van der Waals surface area (Å²) in [7, 11) is 0. The first-order valence-electron chi connectivity index (χ1n) is 7.85. The molecule has 1 saturated heterocycles. The number of rotatable bonds is 5. The molecule has 2 atom stereocenters. The summed E-state index contributed by atoms with van der Waals surface area (Å²) in [5.41, 5.74) is 2.13. The molecule has 2 aromatic rings. The van der Waals surface area contributed by atoms with E-state index in [1.165, 1.54) is 6.42 Å². The van der Waals surface area contributed by atoms with Gasteiger partial charge in [0.1, 0.15) is 11.5 Å². The monoisotopic (exact) mass is 297 g/mol. The third-order valence-electron chi connectivity index (χ3n) is 4.65. The lowest BCUT2D eigenvalue weighted by Crippen LogP contribution is -2.24. The Morgan fingerprint density at radius 2 is 2.18 bits per heavy atom. The van der Waals surface area contributed by atoms with Gasteiger partial charge in [-0.15, -0.1) is 0 Å². The van der Waals surface area contributed by atoms with Gasteiger partial charge in [0, 0.05) is 19.3 Å². The Hall–Kier alpha value is -2.24. The zero-order valence-electron chi connectivity index (χ0n) is 12.6. The zero-order chi connectivity index (χ0) is 15.1.